The Hall–Kier alpha value is -3.01. The van der Waals surface area contributed by atoms with E-state index < -0.39 is 28.2 Å². The van der Waals surface area contributed by atoms with E-state index in [-0.39, 0.29) is 17.4 Å². The number of nitrogens with one attached hydrogen (secondary N) is 1. The summed E-state index contributed by atoms with van der Waals surface area (Å²) in [7, 11) is 1.19. The maximum Gasteiger partial charge on any atom is 0.325 e. The van der Waals surface area contributed by atoms with Gasteiger partial charge in [-0.25, -0.2) is 0 Å². The van der Waals surface area contributed by atoms with Crippen LogP contribution in [0.3, 0.4) is 0 Å². The number of nitro groups is 1. The van der Waals surface area contributed by atoms with Crippen molar-refractivity contribution < 1.29 is 24.4 Å². The molecule has 0 saturated carbocycles. The molecule has 0 bridgehead atoms. The molecule has 0 aromatic heterocycles. The van der Waals surface area contributed by atoms with Crippen molar-refractivity contribution in [1.82, 2.24) is 10.2 Å². The van der Waals surface area contributed by atoms with Gasteiger partial charge in [-0.05, 0) is 29.9 Å². The zero-order chi connectivity index (χ0) is 17.1. The minimum atomic E-state index is -0.741. The van der Waals surface area contributed by atoms with Crippen molar-refractivity contribution in [1.29, 1.82) is 0 Å². The fourth-order valence-electron chi connectivity index (χ4n) is 1.85. The number of methoxy groups -OCH3 is 1. The molecule has 0 radical (unpaired) electrons. The summed E-state index contributed by atoms with van der Waals surface area (Å²) in [5.74, 6) is -1.68. The second-order valence-corrected chi connectivity index (χ2v) is 4.85. The fraction of sp³-hybridized carbons (Fsp3) is 0.154. The smallest absolute Gasteiger partial charge is 0.325 e. The largest absolute Gasteiger partial charge is 0.502 e. The second-order valence-electron chi connectivity index (χ2n) is 4.46. The molecule has 10 heteroatoms. The molecule has 0 unspecified atom stereocenters. The minimum Gasteiger partial charge on any atom is -0.502 e. The molecule has 2 rings (SSSR count). The number of hydrogen-bond acceptors (Lipinski definition) is 7. The van der Waals surface area contributed by atoms with Gasteiger partial charge in [0.05, 0.1) is 12.0 Å². The van der Waals surface area contributed by atoms with E-state index in [1.165, 1.54) is 19.3 Å². The van der Waals surface area contributed by atoms with Gasteiger partial charge < -0.3 is 15.2 Å². The number of esters is 1. The Bertz CT molecular complexity index is 745. The van der Waals surface area contributed by atoms with Crippen LogP contribution in [0.4, 0.5) is 5.69 Å². The third kappa shape index (κ3) is 3.43. The summed E-state index contributed by atoms with van der Waals surface area (Å²) in [4.78, 5) is 34.5. The number of nitrogens with zero attached hydrogens (tertiary/aromatic N) is 2. The van der Waals surface area contributed by atoms with Gasteiger partial charge in [-0.2, -0.15) is 0 Å². The summed E-state index contributed by atoms with van der Waals surface area (Å²) < 4.78 is 4.48. The summed E-state index contributed by atoms with van der Waals surface area (Å²) in [5, 5.41) is 22.9. The molecule has 0 aliphatic carbocycles. The highest BCUT2D eigenvalue weighted by molar-refractivity contribution is 7.80. The predicted molar refractivity (Wildman–Crippen MR) is 82.2 cm³/mol. The average Bonchev–Trinajstić information content (AvgIpc) is 2.76. The van der Waals surface area contributed by atoms with E-state index in [9.17, 15) is 24.8 Å². The number of carbonyl (C=O) groups excluding carboxylic acids is 2. The highest BCUT2D eigenvalue weighted by Gasteiger charge is 2.32. The molecule has 1 aliphatic rings. The number of thiocarbonyl (C=S) groups is 1. The number of phenols is 1. The molecular weight excluding hydrogens is 326 g/mol. The molecule has 1 amide bonds. The van der Waals surface area contributed by atoms with E-state index in [0.717, 1.165) is 17.0 Å². The number of amides is 1. The third-order valence-electron chi connectivity index (χ3n) is 2.98. The van der Waals surface area contributed by atoms with Crippen molar-refractivity contribution in [3.8, 4) is 5.75 Å². The van der Waals surface area contributed by atoms with Crippen LogP contribution in [-0.4, -0.2) is 45.6 Å². The Labute approximate surface area is 135 Å². The van der Waals surface area contributed by atoms with Crippen molar-refractivity contribution in [2.45, 2.75) is 0 Å². The Morgan fingerprint density at radius 3 is 2.87 bits per heavy atom. The second kappa shape index (κ2) is 6.40. The number of benzene rings is 1. The van der Waals surface area contributed by atoms with Crippen LogP contribution in [0.5, 0.6) is 5.75 Å². The van der Waals surface area contributed by atoms with Gasteiger partial charge in [0.2, 0.25) is 0 Å². The lowest BCUT2D eigenvalue weighted by atomic mass is 10.1. The van der Waals surface area contributed by atoms with Gasteiger partial charge >= 0.3 is 11.7 Å². The molecule has 1 aromatic carbocycles. The van der Waals surface area contributed by atoms with Crippen LogP contribution < -0.4 is 5.32 Å². The maximum absolute atomic E-state index is 12.2. The number of carbonyl (C=O) groups is 2. The van der Waals surface area contributed by atoms with E-state index >= 15 is 0 Å². The Kier molecular flexibility index (Phi) is 4.55. The van der Waals surface area contributed by atoms with Gasteiger partial charge in [-0.3, -0.25) is 24.6 Å². The third-order valence-corrected chi connectivity index (χ3v) is 3.31. The average molecular weight is 337 g/mol. The van der Waals surface area contributed by atoms with Crippen molar-refractivity contribution in [3.63, 3.8) is 0 Å². The van der Waals surface area contributed by atoms with Crippen molar-refractivity contribution in [3.05, 3.63) is 39.6 Å². The Balaban J connectivity index is 2.29. The summed E-state index contributed by atoms with van der Waals surface area (Å²) in [6.45, 7) is -0.339. The molecule has 9 nitrogen and oxygen atoms in total. The quantitative estimate of drug-likeness (QED) is 0.268. The number of phenolic OH excluding ortho intramolecular Hbond substituents is 1. The molecule has 23 heavy (non-hydrogen) atoms. The first-order valence-electron chi connectivity index (χ1n) is 6.22. The van der Waals surface area contributed by atoms with Crippen molar-refractivity contribution in [2.24, 2.45) is 0 Å². The summed E-state index contributed by atoms with van der Waals surface area (Å²) >= 11 is 4.96. The molecule has 1 aromatic rings. The van der Waals surface area contributed by atoms with E-state index in [1.54, 1.807) is 0 Å². The van der Waals surface area contributed by atoms with Crippen LogP contribution in [0.2, 0.25) is 0 Å². The van der Waals surface area contributed by atoms with Gasteiger partial charge in [-0.15, -0.1) is 0 Å². The first kappa shape index (κ1) is 16.4. The van der Waals surface area contributed by atoms with E-state index in [4.69, 9.17) is 12.2 Å². The predicted octanol–water partition coefficient (Wildman–Crippen LogP) is 0.531. The lowest BCUT2D eigenvalue weighted by Gasteiger charge is -2.11. The van der Waals surface area contributed by atoms with Gasteiger partial charge in [0.15, 0.2) is 10.9 Å². The highest BCUT2D eigenvalue weighted by atomic mass is 32.1. The Morgan fingerprint density at radius 1 is 1.57 bits per heavy atom. The molecule has 1 aliphatic heterocycles. The number of aromatic hydroxyl groups is 1. The molecule has 1 heterocycles. The molecule has 1 saturated heterocycles. The topological polar surface area (TPSA) is 122 Å². The Morgan fingerprint density at radius 2 is 2.26 bits per heavy atom. The van der Waals surface area contributed by atoms with Gasteiger partial charge in [0, 0.05) is 6.07 Å². The van der Waals surface area contributed by atoms with Crippen LogP contribution in [0.25, 0.3) is 6.08 Å². The van der Waals surface area contributed by atoms with Crippen molar-refractivity contribution in [2.75, 3.05) is 13.7 Å². The number of nitro benzene ring substituents is 1. The van der Waals surface area contributed by atoms with Crippen LogP contribution in [0.15, 0.2) is 23.9 Å². The number of hydrogen-bond donors (Lipinski definition) is 2. The SMILES string of the molecule is COC(=O)CN1C(=O)/C(=C/c2ccc(O)c([N+](=O)[O-])c2)NC1=S. The fourth-order valence-corrected chi connectivity index (χ4v) is 2.11. The number of ether oxygens (including phenoxy) is 1. The standard InChI is InChI=1S/C13H11N3O6S/c1-22-11(18)6-15-12(19)8(14-13(15)23)4-7-2-3-10(17)9(5-7)16(20)21/h2-5,17H,6H2,1H3,(H,14,23)/b8-4-. The van der Waals surface area contributed by atoms with E-state index in [1.807, 2.05) is 0 Å². The number of rotatable bonds is 4. The lowest BCUT2D eigenvalue weighted by Crippen LogP contribution is -2.35. The van der Waals surface area contributed by atoms with Crippen LogP contribution in [0, 0.1) is 10.1 Å². The molecule has 2 N–H and O–H groups in total. The van der Waals surface area contributed by atoms with E-state index in [0.29, 0.717) is 5.56 Å². The van der Waals surface area contributed by atoms with Crippen LogP contribution >= 0.6 is 12.2 Å². The zero-order valence-electron chi connectivity index (χ0n) is 11.8. The molecule has 0 spiro atoms. The lowest BCUT2D eigenvalue weighted by molar-refractivity contribution is -0.385. The minimum absolute atomic E-state index is 0.0277. The van der Waals surface area contributed by atoms with Gasteiger partial charge in [-0.1, -0.05) is 6.07 Å². The zero-order valence-corrected chi connectivity index (χ0v) is 12.6. The van der Waals surface area contributed by atoms with Crippen LogP contribution in [-0.2, 0) is 14.3 Å². The van der Waals surface area contributed by atoms with Crippen LogP contribution in [0.1, 0.15) is 5.56 Å². The molecule has 120 valence electrons. The van der Waals surface area contributed by atoms with Crippen molar-refractivity contribution >= 4 is 41.0 Å². The summed E-state index contributed by atoms with van der Waals surface area (Å²) in [6, 6.07) is 3.66. The van der Waals surface area contributed by atoms with Gasteiger partial charge in [0.25, 0.3) is 5.91 Å². The summed E-state index contributed by atoms with van der Waals surface area (Å²) in [6.07, 6.45) is 1.33. The molecular formula is C13H11N3O6S. The first-order chi connectivity index (χ1) is 10.8. The molecule has 1 fully saturated rings. The first-order valence-corrected chi connectivity index (χ1v) is 6.63. The van der Waals surface area contributed by atoms with E-state index in [2.05, 4.69) is 10.1 Å². The molecule has 0 atom stereocenters. The summed E-state index contributed by atoms with van der Waals surface area (Å²) in [5.41, 5.74) is -0.120. The maximum atomic E-state index is 12.2. The normalized spacial score (nSPS) is 15.7. The van der Waals surface area contributed by atoms with Gasteiger partial charge in [0.1, 0.15) is 12.2 Å². The monoisotopic (exact) mass is 337 g/mol. The highest BCUT2D eigenvalue weighted by Crippen LogP contribution is 2.27.